The van der Waals surface area contributed by atoms with Crippen LogP contribution >= 0.6 is 11.6 Å². The zero-order chi connectivity index (χ0) is 19.4. The maximum atomic E-state index is 12.8. The number of carbonyl (C=O) groups is 1. The molecule has 0 saturated carbocycles. The van der Waals surface area contributed by atoms with E-state index < -0.39 is 0 Å². The van der Waals surface area contributed by atoms with Gasteiger partial charge in [-0.1, -0.05) is 48.0 Å². The Labute approximate surface area is 164 Å². The van der Waals surface area contributed by atoms with E-state index in [0.717, 1.165) is 28.1 Å². The summed E-state index contributed by atoms with van der Waals surface area (Å²) in [6, 6.07) is 15.7. The van der Waals surface area contributed by atoms with Crippen molar-refractivity contribution in [2.45, 2.75) is 20.4 Å². The molecule has 1 N–H and O–H groups in total. The Morgan fingerprint density at radius 2 is 1.85 bits per heavy atom. The van der Waals surface area contributed by atoms with Crippen molar-refractivity contribution in [3.05, 3.63) is 88.2 Å². The second kappa shape index (κ2) is 8.23. The van der Waals surface area contributed by atoms with Crippen LogP contribution in [0.5, 0.6) is 0 Å². The van der Waals surface area contributed by atoms with Gasteiger partial charge in [0, 0.05) is 19.8 Å². The third-order valence-electron chi connectivity index (χ3n) is 4.30. The number of nitrogens with zero attached hydrogens (tertiary/aromatic N) is 2. The number of anilines is 2. The largest absolute Gasteiger partial charge is 0.353 e. The van der Waals surface area contributed by atoms with Gasteiger partial charge in [0.1, 0.15) is 0 Å². The van der Waals surface area contributed by atoms with Crippen LogP contribution in [0, 0.1) is 13.8 Å². The molecule has 0 aliphatic carbocycles. The van der Waals surface area contributed by atoms with Crippen LogP contribution in [0.4, 0.5) is 11.4 Å². The Morgan fingerprint density at radius 3 is 2.56 bits per heavy atom. The average molecular weight is 380 g/mol. The molecule has 2 aromatic carbocycles. The number of aryl methyl sites for hydroxylation is 2. The Morgan fingerprint density at radius 1 is 1.11 bits per heavy atom. The number of hydrogen-bond donors (Lipinski definition) is 1. The second-order valence-electron chi connectivity index (χ2n) is 6.67. The van der Waals surface area contributed by atoms with E-state index in [1.807, 2.05) is 50.2 Å². The number of carbonyl (C=O) groups excluding carboxylic acids is 1. The average Bonchev–Trinajstić information content (AvgIpc) is 2.65. The lowest BCUT2D eigenvalue weighted by Gasteiger charge is -2.18. The normalized spacial score (nSPS) is 10.5. The first kappa shape index (κ1) is 18.9. The van der Waals surface area contributed by atoms with E-state index in [0.29, 0.717) is 17.1 Å². The first-order valence-corrected chi connectivity index (χ1v) is 9.10. The van der Waals surface area contributed by atoms with Crippen molar-refractivity contribution in [2.24, 2.45) is 0 Å². The summed E-state index contributed by atoms with van der Waals surface area (Å²) < 4.78 is 0. The van der Waals surface area contributed by atoms with E-state index in [1.165, 1.54) is 0 Å². The summed E-state index contributed by atoms with van der Waals surface area (Å²) >= 11 is 6.37. The Kier molecular flexibility index (Phi) is 5.77. The minimum atomic E-state index is -0.0817. The Balaban J connectivity index is 1.78. The number of rotatable bonds is 5. The van der Waals surface area contributed by atoms with Gasteiger partial charge < -0.3 is 10.2 Å². The number of benzene rings is 2. The van der Waals surface area contributed by atoms with Crippen LogP contribution in [0.3, 0.4) is 0 Å². The highest BCUT2D eigenvalue weighted by molar-refractivity contribution is 6.33. The summed E-state index contributed by atoms with van der Waals surface area (Å²) in [4.78, 5) is 18.7. The molecule has 0 aliphatic rings. The van der Waals surface area contributed by atoms with Crippen molar-refractivity contribution in [1.29, 1.82) is 0 Å². The number of nitrogens with one attached hydrogen (secondary N) is 1. The number of hydrogen-bond acceptors (Lipinski definition) is 3. The van der Waals surface area contributed by atoms with E-state index in [9.17, 15) is 4.79 Å². The van der Waals surface area contributed by atoms with Crippen LogP contribution in [0.15, 0.2) is 60.9 Å². The molecule has 3 aromatic rings. The van der Waals surface area contributed by atoms with E-state index in [1.54, 1.807) is 30.4 Å². The molecular weight excluding hydrogens is 358 g/mol. The number of amides is 1. The highest BCUT2D eigenvalue weighted by Gasteiger charge is 2.14. The van der Waals surface area contributed by atoms with Gasteiger partial charge in [0.15, 0.2) is 0 Å². The molecule has 5 heteroatoms. The van der Waals surface area contributed by atoms with E-state index in [-0.39, 0.29) is 5.91 Å². The minimum Gasteiger partial charge on any atom is -0.353 e. The zero-order valence-electron chi connectivity index (χ0n) is 15.7. The van der Waals surface area contributed by atoms with Gasteiger partial charge in [0.25, 0.3) is 5.91 Å². The van der Waals surface area contributed by atoms with Crippen molar-refractivity contribution in [3.8, 4) is 0 Å². The molecule has 4 nitrogen and oxygen atoms in total. The molecule has 0 atom stereocenters. The van der Waals surface area contributed by atoms with Crippen LogP contribution in [0.2, 0.25) is 5.02 Å². The predicted molar refractivity (Wildman–Crippen MR) is 111 cm³/mol. The maximum Gasteiger partial charge on any atom is 0.255 e. The molecule has 0 bridgehead atoms. The lowest BCUT2D eigenvalue weighted by Crippen LogP contribution is -2.26. The van der Waals surface area contributed by atoms with Crippen molar-refractivity contribution in [2.75, 3.05) is 12.4 Å². The van der Waals surface area contributed by atoms with Gasteiger partial charge in [-0.15, -0.1) is 0 Å². The van der Waals surface area contributed by atoms with Gasteiger partial charge in [0.2, 0.25) is 0 Å². The van der Waals surface area contributed by atoms with E-state index in [2.05, 4.69) is 16.4 Å². The molecular formula is C22H22ClN3O. The monoisotopic (exact) mass is 379 g/mol. The highest BCUT2D eigenvalue weighted by Crippen LogP contribution is 2.30. The summed E-state index contributed by atoms with van der Waals surface area (Å²) in [6.07, 6.45) is 3.27. The zero-order valence-corrected chi connectivity index (χ0v) is 16.4. The van der Waals surface area contributed by atoms with Crippen molar-refractivity contribution in [3.63, 3.8) is 0 Å². The SMILES string of the molecule is Cc1cc(C)c(Nc2cncc(C(=O)N(C)Cc3ccccc3)c2)c(Cl)c1. The molecule has 1 aromatic heterocycles. The molecule has 0 aliphatic heterocycles. The van der Waals surface area contributed by atoms with Gasteiger partial charge in [-0.2, -0.15) is 0 Å². The van der Waals surface area contributed by atoms with Gasteiger partial charge in [-0.25, -0.2) is 0 Å². The van der Waals surface area contributed by atoms with Crippen LogP contribution in [-0.4, -0.2) is 22.8 Å². The molecule has 138 valence electrons. The van der Waals surface area contributed by atoms with E-state index >= 15 is 0 Å². The summed E-state index contributed by atoms with van der Waals surface area (Å²) in [5.74, 6) is -0.0817. The topological polar surface area (TPSA) is 45.2 Å². The van der Waals surface area contributed by atoms with Crippen LogP contribution in [-0.2, 0) is 6.54 Å². The fraction of sp³-hybridized carbons (Fsp3) is 0.182. The fourth-order valence-corrected chi connectivity index (χ4v) is 3.36. The molecule has 27 heavy (non-hydrogen) atoms. The molecule has 0 spiro atoms. The third kappa shape index (κ3) is 4.66. The van der Waals surface area contributed by atoms with Crippen LogP contribution < -0.4 is 5.32 Å². The number of aromatic nitrogens is 1. The van der Waals surface area contributed by atoms with E-state index in [4.69, 9.17) is 11.6 Å². The van der Waals surface area contributed by atoms with Gasteiger partial charge in [0.05, 0.1) is 28.2 Å². The Hall–Kier alpha value is -2.85. The number of pyridine rings is 1. The number of halogens is 1. The highest BCUT2D eigenvalue weighted by atomic mass is 35.5. The van der Waals surface area contributed by atoms with Crippen molar-refractivity contribution >= 4 is 28.9 Å². The summed E-state index contributed by atoms with van der Waals surface area (Å²) in [5, 5.41) is 3.93. The first-order chi connectivity index (χ1) is 12.9. The molecule has 0 fully saturated rings. The minimum absolute atomic E-state index is 0.0817. The lowest BCUT2D eigenvalue weighted by molar-refractivity contribution is 0.0784. The quantitative estimate of drug-likeness (QED) is 0.648. The van der Waals surface area contributed by atoms with Crippen LogP contribution in [0.1, 0.15) is 27.0 Å². The predicted octanol–water partition coefficient (Wildman–Crippen LogP) is 5.37. The second-order valence-corrected chi connectivity index (χ2v) is 7.08. The molecule has 3 rings (SSSR count). The Bertz CT molecular complexity index is 934. The molecule has 0 radical (unpaired) electrons. The lowest BCUT2D eigenvalue weighted by atomic mass is 10.1. The molecule has 0 unspecified atom stereocenters. The smallest absolute Gasteiger partial charge is 0.255 e. The fourth-order valence-electron chi connectivity index (χ4n) is 2.99. The van der Waals surface area contributed by atoms with Crippen LogP contribution in [0.25, 0.3) is 0 Å². The maximum absolute atomic E-state index is 12.8. The van der Waals surface area contributed by atoms with Gasteiger partial charge >= 0.3 is 0 Å². The van der Waals surface area contributed by atoms with Gasteiger partial charge in [-0.05, 0) is 42.7 Å². The van der Waals surface area contributed by atoms with Gasteiger partial charge in [-0.3, -0.25) is 9.78 Å². The van der Waals surface area contributed by atoms with Crippen molar-refractivity contribution in [1.82, 2.24) is 9.88 Å². The standard InChI is InChI=1S/C22H22ClN3O/c1-15-9-16(2)21(20(23)10-15)25-19-11-18(12-24-13-19)22(27)26(3)14-17-7-5-4-6-8-17/h4-13,25H,14H2,1-3H3. The first-order valence-electron chi connectivity index (χ1n) is 8.72. The summed E-state index contributed by atoms with van der Waals surface area (Å²) in [6.45, 7) is 4.55. The summed E-state index contributed by atoms with van der Waals surface area (Å²) in [5.41, 5.74) is 5.30. The molecule has 1 amide bonds. The molecule has 1 heterocycles. The third-order valence-corrected chi connectivity index (χ3v) is 4.59. The summed E-state index contributed by atoms with van der Waals surface area (Å²) in [7, 11) is 1.79. The van der Waals surface area contributed by atoms with Crippen molar-refractivity contribution < 1.29 is 4.79 Å². The molecule has 0 saturated heterocycles.